The van der Waals surface area contributed by atoms with Crippen molar-refractivity contribution in [2.24, 2.45) is 0 Å². The predicted octanol–water partition coefficient (Wildman–Crippen LogP) is 3.98. The van der Waals surface area contributed by atoms with E-state index in [-0.39, 0.29) is 17.0 Å². The maximum atomic E-state index is 13.0. The third-order valence-corrected chi connectivity index (χ3v) is 2.08. The lowest BCUT2D eigenvalue weighted by molar-refractivity contribution is -0.00832. The van der Waals surface area contributed by atoms with Crippen molar-refractivity contribution in [3.05, 3.63) is 34.6 Å². The third kappa shape index (κ3) is 2.15. The van der Waals surface area contributed by atoms with E-state index in [1.807, 2.05) is 0 Å². The molecule has 0 aliphatic carbocycles. The molecule has 0 saturated carbocycles. The molecule has 0 bridgehead atoms. The highest BCUT2D eigenvalue weighted by Crippen LogP contribution is 2.33. The summed E-state index contributed by atoms with van der Waals surface area (Å²) in [5.74, 6) is -3.62. The van der Waals surface area contributed by atoms with Gasteiger partial charge >= 0.3 is 0 Å². The van der Waals surface area contributed by atoms with Gasteiger partial charge < -0.3 is 0 Å². The van der Waals surface area contributed by atoms with Crippen molar-refractivity contribution in [1.29, 1.82) is 0 Å². The van der Waals surface area contributed by atoms with Gasteiger partial charge in [-0.3, -0.25) is 0 Å². The molecule has 1 aromatic carbocycles. The van der Waals surface area contributed by atoms with Crippen LogP contribution < -0.4 is 0 Å². The molecule has 0 amide bonds. The van der Waals surface area contributed by atoms with Gasteiger partial charge in [-0.25, -0.2) is 13.2 Å². The van der Waals surface area contributed by atoms with Crippen LogP contribution in [-0.4, -0.2) is 0 Å². The van der Waals surface area contributed by atoms with Gasteiger partial charge in [-0.05, 0) is 12.1 Å². The topological polar surface area (TPSA) is 0 Å². The fourth-order valence-corrected chi connectivity index (χ4v) is 1.11. The Morgan fingerprint density at radius 3 is 2.46 bits per heavy atom. The molecule has 0 saturated heterocycles. The summed E-state index contributed by atoms with van der Waals surface area (Å²) in [7, 11) is 0. The van der Waals surface area contributed by atoms with Crippen LogP contribution in [-0.2, 0) is 5.92 Å². The Bertz CT molecular complexity index is 310. The highest BCUT2D eigenvalue weighted by Gasteiger charge is 2.29. The van der Waals surface area contributed by atoms with E-state index in [0.717, 1.165) is 18.2 Å². The van der Waals surface area contributed by atoms with Gasteiger partial charge in [0.25, 0.3) is 5.92 Å². The Balaban J connectivity index is 3.10. The van der Waals surface area contributed by atoms with Crippen molar-refractivity contribution in [3.8, 4) is 0 Å². The molecule has 0 fully saturated rings. The number of hydrogen-bond acceptors (Lipinski definition) is 0. The van der Waals surface area contributed by atoms with Crippen molar-refractivity contribution in [2.45, 2.75) is 19.3 Å². The molecule has 0 N–H and O–H groups in total. The Labute approximate surface area is 79.3 Å². The summed E-state index contributed by atoms with van der Waals surface area (Å²) in [6.07, 6.45) is -0.324. The Hall–Kier alpha value is -0.700. The molecular weight excluding hydrogens is 201 g/mol. The van der Waals surface area contributed by atoms with Crippen LogP contribution in [0.25, 0.3) is 0 Å². The van der Waals surface area contributed by atoms with Gasteiger partial charge in [-0.15, -0.1) is 0 Å². The van der Waals surface area contributed by atoms with Gasteiger partial charge in [0.15, 0.2) is 0 Å². The van der Waals surface area contributed by atoms with Crippen molar-refractivity contribution in [1.82, 2.24) is 0 Å². The fraction of sp³-hybridized carbons (Fsp3) is 0.333. The molecule has 0 radical (unpaired) electrons. The van der Waals surface area contributed by atoms with Crippen LogP contribution in [0.5, 0.6) is 0 Å². The predicted molar refractivity (Wildman–Crippen MR) is 45.6 cm³/mol. The van der Waals surface area contributed by atoms with E-state index in [0.29, 0.717) is 0 Å². The summed E-state index contributed by atoms with van der Waals surface area (Å²) in [6, 6.07) is 2.95. The summed E-state index contributed by atoms with van der Waals surface area (Å²) in [4.78, 5) is 0. The molecule has 72 valence electrons. The molecule has 0 atom stereocenters. The smallest absolute Gasteiger partial charge is 0.205 e. The summed E-state index contributed by atoms with van der Waals surface area (Å²) < 4.78 is 38.6. The zero-order chi connectivity index (χ0) is 10.1. The minimum atomic E-state index is -2.93. The first-order chi connectivity index (χ1) is 5.97. The Kier molecular flexibility index (Phi) is 2.86. The highest BCUT2D eigenvalue weighted by atomic mass is 35.5. The Morgan fingerprint density at radius 2 is 2.00 bits per heavy atom. The summed E-state index contributed by atoms with van der Waals surface area (Å²) in [5, 5.41) is -0.273. The molecule has 1 rings (SSSR count). The van der Waals surface area contributed by atoms with Crippen LogP contribution in [0, 0.1) is 5.82 Å². The largest absolute Gasteiger partial charge is 0.273 e. The zero-order valence-corrected chi connectivity index (χ0v) is 7.71. The van der Waals surface area contributed by atoms with Gasteiger partial charge in [0.2, 0.25) is 0 Å². The normalized spacial score (nSPS) is 11.8. The fourth-order valence-electron chi connectivity index (χ4n) is 0.928. The first kappa shape index (κ1) is 10.4. The molecular formula is C9H8ClF3. The first-order valence-electron chi connectivity index (χ1n) is 3.80. The van der Waals surface area contributed by atoms with Crippen LogP contribution in [0.3, 0.4) is 0 Å². The van der Waals surface area contributed by atoms with Crippen molar-refractivity contribution < 1.29 is 13.2 Å². The van der Waals surface area contributed by atoms with Gasteiger partial charge in [-0.2, -0.15) is 0 Å². The molecule has 0 aliphatic heterocycles. The van der Waals surface area contributed by atoms with Crippen LogP contribution in [0.1, 0.15) is 18.9 Å². The Morgan fingerprint density at radius 1 is 1.38 bits per heavy atom. The number of benzene rings is 1. The monoisotopic (exact) mass is 208 g/mol. The van der Waals surface area contributed by atoms with Gasteiger partial charge in [0.05, 0.1) is 5.02 Å². The first-order valence-corrected chi connectivity index (χ1v) is 4.18. The average Bonchev–Trinajstić information content (AvgIpc) is 2.09. The zero-order valence-electron chi connectivity index (χ0n) is 6.95. The van der Waals surface area contributed by atoms with E-state index in [9.17, 15) is 13.2 Å². The minimum Gasteiger partial charge on any atom is -0.205 e. The lowest BCUT2D eigenvalue weighted by Gasteiger charge is -2.14. The van der Waals surface area contributed by atoms with E-state index in [4.69, 9.17) is 11.6 Å². The van der Waals surface area contributed by atoms with Crippen LogP contribution in [0.2, 0.25) is 5.02 Å². The van der Waals surface area contributed by atoms with E-state index >= 15 is 0 Å². The number of alkyl halides is 2. The molecule has 0 unspecified atom stereocenters. The van der Waals surface area contributed by atoms with E-state index in [2.05, 4.69) is 0 Å². The molecule has 13 heavy (non-hydrogen) atoms. The summed E-state index contributed by atoms with van der Waals surface area (Å²) >= 11 is 5.37. The third-order valence-electron chi connectivity index (χ3n) is 1.79. The molecule has 0 spiro atoms. The number of rotatable bonds is 2. The van der Waals surface area contributed by atoms with E-state index in [1.54, 1.807) is 0 Å². The average molecular weight is 209 g/mol. The summed E-state index contributed by atoms with van der Waals surface area (Å²) in [6.45, 7) is 1.36. The highest BCUT2D eigenvalue weighted by molar-refractivity contribution is 6.30. The lowest BCUT2D eigenvalue weighted by Crippen LogP contribution is -2.11. The van der Waals surface area contributed by atoms with Gasteiger partial charge in [0.1, 0.15) is 5.82 Å². The second-order valence-corrected chi connectivity index (χ2v) is 3.09. The molecule has 1 aromatic rings. The van der Waals surface area contributed by atoms with Crippen molar-refractivity contribution in [2.75, 3.05) is 0 Å². The van der Waals surface area contributed by atoms with E-state index in [1.165, 1.54) is 6.92 Å². The van der Waals surface area contributed by atoms with E-state index < -0.39 is 11.7 Å². The SMILES string of the molecule is CCC(F)(F)c1ccc(F)c(Cl)c1. The molecule has 0 heterocycles. The van der Waals surface area contributed by atoms with Crippen molar-refractivity contribution in [3.63, 3.8) is 0 Å². The standard InChI is InChI=1S/C9H8ClF3/c1-2-9(12,13)6-3-4-8(11)7(10)5-6/h3-5H,2H2,1H3. The van der Waals surface area contributed by atoms with Crippen LogP contribution in [0.4, 0.5) is 13.2 Å². The van der Waals surface area contributed by atoms with Gasteiger partial charge in [-0.1, -0.05) is 24.6 Å². The number of hydrogen-bond donors (Lipinski definition) is 0. The molecule has 0 aliphatic rings. The molecule has 0 aromatic heterocycles. The maximum Gasteiger partial charge on any atom is 0.273 e. The van der Waals surface area contributed by atoms with Crippen LogP contribution >= 0.6 is 11.6 Å². The quantitative estimate of drug-likeness (QED) is 0.690. The second kappa shape index (κ2) is 3.58. The van der Waals surface area contributed by atoms with Crippen molar-refractivity contribution >= 4 is 11.6 Å². The summed E-state index contributed by atoms with van der Waals surface area (Å²) in [5.41, 5.74) is -0.249. The van der Waals surface area contributed by atoms with Gasteiger partial charge in [0, 0.05) is 12.0 Å². The molecule has 0 nitrogen and oxygen atoms in total. The molecule has 4 heteroatoms. The maximum absolute atomic E-state index is 13.0. The van der Waals surface area contributed by atoms with Crippen LogP contribution in [0.15, 0.2) is 18.2 Å². The number of halogens is 4. The second-order valence-electron chi connectivity index (χ2n) is 2.69. The lowest BCUT2D eigenvalue weighted by atomic mass is 10.1. The minimum absolute atomic E-state index is 0.249.